The summed E-state index contributed by atoms with van der Waals surface area (Å²) in [6.45, 7) is 3.61. The summed E-state index contributed by atoms with van der Waals surface area (Å²) in [5, 5.41) is 12.0. The Balaban J connectivity index is 1.93. The van der Waals surface area contributed by atoms with E-state index in [1.165, 1.54) is 0 Å². The largest absolute Gasteiger partial charge is 0.481 e. The Hall–Kier alpha value is -2.82. The van der Waals surface area contributed by atoms with E-state index in [0.717, 1.165) is 5.56 Å². The lowest BCUT2D eigenvalue weighted by Gasteiger charge is -2.17. The number of carboxylic acids is 1. The second-order valence-corrected chi connectivity index (χ2v) is 5.62. The van der Waals surface area contributed by atoms with Gasteiger partial charge >= 0.3 is 5.97 Å². The van der Waals surface area contributed by atoms with Crippen LogP contribution in [0.2, 0.25) is 0 Å². The summed E-state index contributed by atoms with van der Waals surface area (Å²) >= 11 is 0. The van der Waals surface area contributed by atoms with Crippen LogP contribution in [0.4, 0.5) is 0 Å². The number of carbonyl (C=O) groups excluding carboxylic acids is 1. The molecule has 0 aliphatic carbocycles. The molecule has 0 aromatic heterocycles. The average molecular weight is 327 g/mol. The molecule has 0 saturated heterocycles. The quantitative estimate of drug-likeness (QED) is 0.820. The maximum atomic E-state index is 12.1. The van der Waals surface area contributed by atoms with E-state index in [0.29, 0.717) is 11.3 Å². The number of hydrogen-bond donors (Lipinski definition) is 2. The molecule has 5 nitrogen and oxygen atoms in total. The lowest BCUT2D eigenvalue weighted by atomic mass is 9.99. The highest BCUT2D eigenvalue weighted by atomic mass is 16.5. The van der Waals surface area contributed by atoms with Gasteiger partial charge in [0.1, 0.15) is 5.75 Å². The predicted molar refractivity (Wildman–Crippen MR) is 91.1 cm³/mol. The third-order valence-corrected chi connectivity index (χ3v) is 3.68. The Bertz CT molecular complexity index is 682. The molecule has 1 amide bonds. The minimum absolute atomic E-state index is 0.0137. The van der Waals surface area contributed by atoms with Crippen LogP contribution in [-0.2, 0) is 9.59 Å². The summed E-state index contributed by atoms with van der Waals surface area (Å²) in [4.78, 5) is 23.6. The molecule has 5 heteroatoms. The zero-order valence-corrected chi connectivity index (χ0v) is 13.7. The summed E-state index contributed by atoms with van der Waals surface area (Å²) in [5.41, 5.74) is 1.75. The van der Waals surface area contributed by atoms with E-state index in [4.69, 9.17) is 4.74 Å². The van der Waals surface area contributed by atoms with Gasteiger partial charge in [0, 0.05) is 6.54 Å². The molecule has 0 aliphatic heterocycles. The van der Waals surface area contributed by atoms with Crippen molar-refractivity contribution < 1.29 is 19.4 Å². The van der Waals surface area contributed by atoms with Gasteiger partial charge in [-0.2, -0.15) is 0 Å². The van der Waals surface area contributed by atoms with Gasteiger partial charge in [0.15, 0.2) is 6.10 Å². The fourth-order valence-corrected chi connectivity index (χ4v) is 2.25. The van der Waals surface area contributed by atoms with Gasteiger partial charge in [0.2, 0.25) is 0 Å². The van der Waals surface area contributed by atoms with Gasteiger partial charge in [-0.25, -0.2) is 0 Å². The Morgan fingerprint density at radius 1 is 1.08 bits per heavy atom. The fraction of sp³-hybridized carbons (Fsp3) is 0.263. The maximum absolute atomic E-state index is 12.1. The highest BCUT2D eigenvalue weighted by Gasteiger charge is 2.22. The van der Waals surface area contributed by atoms with E-state index in [9.17, 15) is 14.7 Å². The lowest BCUT2D eigenvalue weighted by molar-refractivity contribution is -0.138. The zero-order valence-electron chi connectivity index (χ0n) is 13.7. The van der Waals surface area contributed by atoms with Crippen LogP contribution < -0.4 is 10.1 Å². The molecule has 2 aromatic carbocycles. The normalized spacial score (nSPS) is 12.9. The molecule has 0 saturated carbocycles. The zero-order chi connectivity index (χ0) is 17.5. The van der Waals surface area contributed by atoms with Crippen LogP contribution in [0.5, 0.6) is 5.75 Å². The van der Waals surface area contributed by atoms with E-state index in [2.05, 4.69) is 5.32 Å². The van der Waals surface area contributed by atoms with Crippen molar-refractivity contribution in [3.8, 4) is 5.75 Å². The molecule has 2 aromatic rings. The van der Waals surface area contributed by atoms with Crippen molar-refractivity contribution in [3.05, 3.63) is 65.7 Å². The molecular weight excluding hydrogens is 306 g/mol. The highest BCUT2D eigenvalue weighted by molar-refractivity contribution is 5.82. The number of benzene rings is 2. The van der Waals surface area contributed by atoms with Crippen LogP contribution in [0, 0.1) is 6.92 Å². The van der Waals surface area contributed by atoms with Crippen molar-refractivity contribution in [1.82, 2.24) is 5.32 Å². The van der Waals surface area contributed by atoms with Gasteiger partial charge < -0.3 is 15.2 Å². The van der Waals surface area contributed by atoms with Gasteiger partial charge in [0.05, 0.1) is 5.92 Å². The van der Waals surface area contributed by atoms with Crippen molar-refractivity contribution in [2.24, 2.45) is 0 Å². The van der Waals surface area contributed by atoms with E-state index in [1.807, 2.05) is 25.1 Å². The van der Waals surface area contributed by atoms with Gasteiger partial charge in [-0.15, -0.1) is 0 Å². The summed E-state index contributed by atoms with van der Waals surface area (Å²) in [5.74, 6) is -1.52. The second kappa shape index (κ2) is 8.15. The number of aliphatic carboxylic acids is 1. The lowest BCUT2D eigenvalue weighted by Crippen LogP contribution is -2.39. The Labute approximate surface area is 141 Å². The minimum Gasteiger partial charge on any atom is -0.481 e. The summed E-state index contributed by atoms with van der Waals surface area (Å²) in [6.07, 6.45) is -0.710. The average Bonchev–Trinajstić information content (AvgIpc) is 2.57. The van der Waals surface area contributed by atoms with Crippen molar-refractivity contribution in [2.45, 2.75) is 25.9 Å². The molecule has 2 N–H and O–H groups in total. The molecule has 0 radical (unpaired) electrons. The van der Waals surface area contributed by atoms with Crippen molar-refractivity contribution >= 4 is 11.9 Å². The van der Waals surface area contributed by atoms with Crippen LogP contribution >= 0.6 is 0 Å². The van der Waals surface area contributed by atoms with E-state index in [1.54, 1.807) is 43.3 Å². The number of hydrogen-bond acceptors (Lipinski definition) is 3. The maximum Gasteiger partial charge on any atom is 0.312 e. The first-order valence-corrected chi connectivity index (χ1v) is 7.76. The molecule has 2 atom stereocenters. The standard InChI is InChI=1S/C19H21NO4/c1-13-8-10-16(11-9-13)24-14(2)18(21)20-12-17(19(22)23)15-6-4-3-5-7-15/h3-11,14,17H,12H2,1-2H3,(H,20,21)(H,22,23). The Kier molecular flexibility index (Phi) is 5.95. The predicted octanol–water partition coefficient (Wildman–Crippen LogP) is 2.75. The molecule has 0 bridgehead atoms. The smallest absolute Gasteiger partial charge is 0.312 e. The van der Waals surface area contributed by atoms with Crippen molar-refractivity contribution in [3.63, 3.8) is 0 Å². The van der Waals surface area contributed by atoms with Crippen LogP contribution in [0.3, 0.4) is 0 Å². The van der Waals surface area contributed by atoms with Crippen LogP contribution in [-0.4, -0.2) is 29.6 Å². The van der Waals surface area contributed by atoms with Crippen LogP contribution in [0.25, 0.3) is 0 Å². The summed E-state index contributed by atoms with van der Waals surface area (Å²) in [7, 11) is 0. The first-order valence-electron chi connectivity index (χ1n) is 7.76. The fourth-order valence-electron chi connectivity index (χ4n) is 2.25. The number of carboxylic acid groups (broad SMARTS) is 1. The molecule has 0 spiro atoms. The van der Waals surface area contributed by atoms with E-state index >= 15 is 0 Å². The van der Waals surface area contributed by atoms with Gasteiger partial charge in [0.25, 0.3) is 5.91 Å². The van der Waals surface area contributed by atoms with Crippen molar-refractivity contribution in [2.75, 3.05) is 6.54 Å². The monoisotopic (exact) mass is 327 g/mol. The van der Waals surface area contributed by atoms with Gasteiger partial charge in [-0.1, -0.05) is 48.0 Å². The third kappa shape index (κ3) is 4.84. The molecule has 126 valence electrons. The molecule has 2 rings (SSSR count). The number of nitrogens with one attached hydrogen (secondary N) is 1. The van der Waals surface area contributed by atoms with Crippen molar-refractivity contribution in [1.29, 1.82) is 0 Å². The van der Waals surface area contributed by atoms with E-state index in [-0.39, 0.29) is 12.5 Å². The number of carbonyl (C=O) groups is 2. The summed E-state index contributed by atoms with van der Waals surface area (Å²) in [6, 6.07) is 16.2. The minimum atomic E-state index is -0.978. The molecule has 0 aliphatic rings. The molecule has 0 fully saturated rings. The number of ether oxygens (including phenoxy) is 1. The first kappa shape index (κ1) is 17.5. The molecule has 2 unspecified atom stereocenters. The Morgan fingerprint density at radius 2 is 1.71 bits per heavy atom. The number of amides is 1. The first-order chi connectivity index (χ1) is 11.5. The van der Waals surface area contributed by atoms with Crippen LogP contribution in [0.15, 0.2) is 54.6 Å². The second-order valence-electron chi connectivity index (χ2n) is 5.62. The van der Waals surface area contributed by atoms with Gasteiger partial charge in [-0.05, 0) is 31.5 Å². The number of aryl methyl sites for hydroxylation is 1. The SMILES string of the molecule is Cc1ccc(OC(C)C(=O)NCC(C(=O)O)c2ccccc2)cc1. The van der Waals surface area contributed by atoms with E-state index < -0.39 is 18.0 Å². The third-order valence-electron chi connectivity index (χ3n) is 3.68. The Morgan fingerprint density at radius 3 is 2.29 bits per heavy atom. The van der Waals surface area contributed by atoms with Crippen LogP contribution in [0.1, 0.15) is 24.0 Å². The molecule has 24 heavy (non-hydrogen) atoms. The number of rotatable bonds is 7. The van der Waals surface area contributed by atoms with Gasteiger partial charge in [-0.3, -0.25) is 9.59 Å². The molecule has 0 heterocycles. The summed E-state index contributed by atoms with van der Waals surface area (Å²) < 4.78 is 5.57. The topological polar surface area (TPSA) is 75.6 Å². The highest BCUT2D eigenvalue weighted by Crippen LogP contribution is 2.16. The molecular formula is C19H21NO4.